The molecule has 4 nitrogen and oxygen atoms in total. The van der Waals surface area contributed by atoms with Crippen molar-refractivity contribution in [2.75, 3.05) is 33.8 Å². The van der Waals surface area contributed by atoms with E-state index >= 15 is 0 Å². The van der Waals surface area contributed by atoms with Gasteiger partial charge in [0.15, 0.2) is 6.54 Å². The van der Waals surface area contributed by atoms with Crippen LogP contribution in [0.5, 0.6) is 0 Å². The van der Waals surface area contributed by atoms with Crippen LogP contribution in [0.3, 0.4) is 0 Å². The average molecular weight is 421 g/mol. The maximum Gasteiger partial charge on any atom is 0.362 e. The molecule has 4 rings (SSSR count). The Morgan fingerprint density at radius 3 is 2.20 bits per heavy atom. The van der Waals surface area contributed by atoms with Gasteiger partial charge in [0.1, 0.15) is 12.6 Å². The van der Waals surface area contributed by atoms with Crippen LogP contribution in [-0.4, -0.2) is 56.5 Å². The molecule has 0 N–H and O–H groups in total. The zero-order chi connectivity index (χ0) is 22.2. The van der Waals surface area contributed by atoms with Crippen LogP contribution < -0.4 is 0 Å². The zero-order valence-corrected chi connectivity index (χ0v) is 20.8. The number of fused-ring (bicyclic) bond motifs is 4. The first-order valence-electron chi connectivity index (χ1n) is 12.4. The van der Waals surface area contributed by atoms with Crippen LogP contribution in [0.25, 0.3) is 0 Å². The van der Waals surface area contributed by atoms with Gasteiger partial charge in [-0.05, 0) is 66.1 Å². The molecule has 0 radical (unpaired) electrons. The summed E-state index contributed by atoms with van der Waals surface area (Å²) in [5.74, 6) is 1.29. The minimum Gasteiger partial charge on any atom is -0.458 e. The van der Waals surface area contributed by atoms with E-state index in [0.717, 1.165) is 25.5 Å². The molecule has 0 amide bonds. The third-order valence-corrected chi connectivity index (χ3v) is 11.2. The minimum atomic E-state index is -0.0371. The van der Waals surface area contributed by atoms with Gasteiger partial charge in [0.25, 0.3) is 0 Å². The quantitative estimate of drug-likeness (QED) is 0.427. The Bertz CT molecular complexity index is 696. The zero-order valence-electron chi connectivity index (χ0n) is 20.8. The lowest BCUT2D eigenvalue weighted by Crippen LogP contribution is -2.48. The Kier molecular flexibility index (Phi) is 5.22. The van der Waals surface area contributed by atoms with Crippen molar-refractivity contribution in [2.24, 2.45) is 33.5 Å². The van der Waals surface area contributed by atoms with E-state index in [4.69, 9.17) is 9.47 Å². The van der Waals surface area contributed by atoms with Gasteiger partial charge in [-0.2, -0.15) is 0 Å². The summed E-state index contributed by atoms with van der Waals surface area (Å²) in [6.45, 7) is 16.4. The second-order valence-electron chi connectivity index (χ2n) is 13.4. The third kappa shape index (κ3) is 3.27. The molecule has 0 heterocycles. The number of hydrogen-bond donors (Lipinski definition) is 0. The van der Waals surface area contributed by atoms with Crippen molar-refractivity contribution in [3.8, 4) is 0 Å². The van der Waals surface area contributed by atoms with Crippen LogP contribution >= 0.6 is 0 Å². The first-order chi connectivity index (χ1) is 13.7. The van der Waals surface area contributed by atoms with E-state index in [9.17, 15) is 4.79 Å². The molecule has 0 aromatic carbocycles. The molecule has 0 spiro atoms. The molecule has 4 heteroatoms. The van der Waals surface area contributed by atoms with E-state index in [1.807, 2.05) is 0 Å². The maximum atomic E-state index is 12.8. The predicted molar refractivity (Wildman–Crippen MR) is 120 cm³/mol. The number of rotatable bonds is 7. The summed E-state index contributed by atoms with van der Waals surface area (Å²) in [5, 5.41) is 0. The highest BCUT2D eigenvalue weighted by molar-refractivity contribution is 5.71. The van der Waals surface area contributed by atoms with Gasteiger partial charge in [-0.15, -0.1) is 0 Å². The number of ether oxygens (including phenoxy) is 2. The molecular formula is C26H46NO3+. The first kappa shape index (κ1) is 22.6. The van der Waals surface area contributed by atoms with Crippen molar-refractivity contribution in [1.29, 1.82) is 0 Å². The van der Waals surface area contributed by atoms with E-state index in [1.165, 1.54) is 32.1 Å². The van der Waals surface area contributed by atoms with E-state index in [2.05, 4.69) is 55.6 Å². The lowest BCUT2D eigenvalue weighted by molar-refractivity contribution is -0.883. The van der Waals surface area contributed by atoms with Crippen molar-refractivity contribution < 1.29 is 18.8 Å². The van der Waals surface area contributed by atoms with E-state index in [-0.39, 0.29) is 17.5 Å². The monoisotopic (exact) mass is 420 g/mol. The van der Waals surface area contributed by atoms with Gasteiger partial charge in [-0.1, -0.05) is 41.5 Å². The van der Waals surface area contributed by atoms with E-state index in [0.29, 0.717) is 39.3 Å². The van der Waals surface area contributed by atoms with Crippen molar-refractivity contribution in [3.63, 3.8) is 0 Å². The van der Waals surface area contributed by atoms with Crippen LogP contribution in [0, 0.1) is 33.5 Å². The predicted octanol–water partition coefficient (Wildman–Crippen LogP) is 5.05. The molecule has 4 aliphatic rings. The smallest absolute Gasteiger partial charge is 0.362 e. The fourth-order valence-electron chi connectivity index (χ4n) is 7.79. The second kappa shape index (κ2) is 6.94. The molecule has 0 aliphatic heterocycles. The first-order valence-corrected chi connectivity index (χ1v) is 12.4. The number of likely N-dealkylation sites (N-methyl/N-ethyl adjacent to an activating group) is 1. The minimum absolute atomic E-state index is 0.0371. The van der Waals surface area contributed by atoms with Crippen molar-refractivity contribution in [3.05, 3.63) is 0 Å². The summed E-state index contributed by atoms with van der Waals surface area (Å²) in [5.41, 5.74) is 1.29. The standard InChI is InChI=1S/C26H46NO3/c1-23(2)18-9-12-26(23,6)21(15-18)29-14-13-27(7,8)17-22(28)30-20-16-25(5)11-10-19(20)24(25,3)4/h18-21H,9-17H2,1-8H3/q+1/t18-,19+,20+,21-,25-,26+/m1/s1. The van der Waals surface area contributed by atoms with Crippen LogP contribution in [0.1, 0.15) is 80.1 Å². The lowest BCUT2D eigenvalue weighted by Gasteiger charge is -2.39. The topological polar surface area (TPSA) is 35.5 Å². The van der Waals surface area contributed by atoms with Gasteiger partial charge >= 0.3 is 5.97 Å². The van der Waals surface area contributed by atoms with Crippen molar-refractivity contribution >= 4 is 5.97 Å². The molecule has 0 aromatic heterocycles. The van der Waals surface area contributed by atoms with Gasteiger partial charge in [-0.3, -0.25) is 0 Å². The Morgan fingerprint density at radius 2 is 1.70 bits per heavy atom. The summed E-state index contributed by atoms with van der Waals surface area (Å²) in [6.07, 6.45) is 7.84. The molecule has 4 saturated carbocycles. The summed E-state index contributed by atoms with van der Waals surface area (Å²) in [6, 6.07) is 0. The number of carbonyl (C=O) groups excluding carboxylic acids is 1. The largest absolute Gasteiger partial charge is 0.458 e. The van der Waals surface area contributed by atoms with Gasteiger partial charge in [0, 0.05) is 5.92 Å². The molecule has 6 atom stereocenters. The van der Waals surface area contributed by atoms with Gasteiger partial charge in [0.2, 0.25) is 0 Å². The highest BCUT2D eigenvalue weighted by Crippen LogP contribution is 2.67. The average Bonchev–Trinajstić information content (AvgIpc) is 3.11. The molecule has 0 unspecified atom stereocenters. The van der Waals surface area contributed by atoms with Gasteiger partial charge < -0.3 is 14.0 Å². The molecule has 30 heavy (non-hydrogen) atoms. The summed E-state index contributed by atoms with van der Waals surface area (Å²) >= 11 is 0. The number of esters is 1. The molecule has 4 fully saturated rings. The second-order valence-corrected chi connectivity index (χ2v) is 13.4. The number of quaternary nitrogens is 1. The Labute approximate surface area is 184 Å². The van der Waals surface area contributed by atoms with Crippen molar-refractivity contribution in [2.45, 2.75) is 92.3 Å². The van der Waals surface area contributed by atoms with E-state index in [1.54, 1.807) is 0 Å². The van der Waals surface area contributed by atoms with Gasteiger partial charge in [-0.25, -0.2) is 4.79 Å². The fourth-order valence-corrected chi connectivity index (χ4v) is 7.79. The molecule has 0 saturated heterocycles. The Morgan fingerprint density at radius 1 is 1.00 bits per heavy atom. The SMILES string of the molecule is CC1(C)[C@H]2CC[C@]1(C)C[C@@H]2OC(=O)C[N+](C)(C)CCO[C@@H]1C[C@H]2CC[C@]1(C)C2(C)C. The third-order valence-electron chi connectivity index (χ3n) is 11.2. The molecule has 4 aliphatic carbocycles. The van der Waals surface area contributed by atoms with Crippen LogP contribution in [0.4, 0.5) is 0 Å². The highest BCUT2D eigenvalue weighted by Gasteiger charge is 2.63. The van der Waals surface area contributed by atoms with Crippen LogP contribution in [0.15, 0.2) is 0 Å². The summed E-state index contributed by atoms with van der Waals surface area (Å²) in [4.78, 5) is 12.8. The maximum absolute atomic E-state index is 12.8. The normalized spacial score (nSPS) is 43.3. The van der Waals surface area contributed by atoms with Crippen LogP contribution in [0.2, 0.25) is 0 Å². The molecular weight excluding hydrogens is 374 g/mol. The Balaban J connectivity index is 1.25. The van der Waals surface area contributed by atoms with Gasteiger partial charge in [0.05, 0.1) is 26.8 Å². The van der Waals surface area contributed by atoms with Crippen molar-refractivity contribution in [1.82, 2.24) is 0 Å². The van der Waals surface area contributed by atoms with E-state index < -0.39 is 0 Å². The van der Waals surface area contributed by atoms with Crippen LogP contribution in [-0.2, 0) is 14.3 Å². The number of nitrogens with zero attached hydrogens (tertiary/aromatic N) is 1. The summed E-state index contributed by atoms with van der Waals surface area (Å²) in [7, 11) is 4.26. The molecule has 4 bridgehead atoms. The molecule has 0 aromatic rings. The number of hydrogen-bond acceptors (Lipinski definition) is 3. The molecule has 172 valence electrons. The fraction of sp³-hybridized carbons (Fsp3) is 0.962. The number of carbonyl (C=O) groups is 1. The summed E-state index contributed by atoms with van der Waals surface area (Å²) < 4.78 is 13.1. The Hall–Kier alpha value is -0.610. The lowest BCUT2D eigenvalue weighted by atomic mass is 9.70. The highest BCUT2D eigenvalue weighted by atomic mass is 16.5.